The first-order chi connectivity index (χ1) is 7.40. The summed E-state index contributed by atoms with van der Waals surface area (Å²) >= 11 is 0. The van der Waals surface area contributed by atoms with Crippen LogP contribution in [-0.2, 0) is 0 Å². The average Bonchev–Trinajstić information content (AvgIpc) is 2.74. The fraction of sp³-hybridized carbons (Fsp3) is 1.00. The molecule has 0 aromatic heterocycles. The summed E-state index contributed by atoms with van der Waals surface area (Å²) in [7, 11) is 2.11. The van der Waals surface area contributed by atoms with E-state index < -0.39 is 0 Å². The molecule has 2 saturated carbocycles. The Morgan fingerprint density at radius 1 is 0.867 bits per heavy atom. The van der Waals surface area contributed by atoms with Crippen LogP contribution >= 0.6 is 0 Å². The van der Waals surface area contributed by atoms with Crippen LogP contribution in [0, 0.1) is 17.8 Å². The minimum atomic E-state index is 0.990. The summed E-state index contributed by atoms with van der Waals surface area (Å²) in [5.41, 5.74) is 0. The third-order valence-electron chi connectivity index (χ3n) is 4.64. The largest absolute Gasteiger partial charge is 0.319 e. The Morgan fingerprint density at radius 2 is 1.47 bits per heavy atom. The highest BCUT2D eigenvalue weighted by molar-refractivity contribution is 4.80. The fourth-order valence-electron chi connectivity index (χ4n) is 3.80. The summed E-state index contributed by atoms with van der Waals surface area (Å²) in [6.07, 6.45) is 13.6. The van der Waals surface area contributed by atoms with Crippen LogP contribution in [0.3, 0.4) is 0 Å². The van der Waals surface area contributed by atoms with E-state index in [1.54, 1.807) is 6.42 Å². The van der Waals surface area contributed by atoms with Crippen molar-refractivity contribution in [1.29, 1.82) is 0 Å². The number of hydrogen-bond acceptors (Lipinski definition) is 1. The second-order valence-corrected chi connectivity index (χ2v) is 5.75. The van der Waals surface area contributed by atoms with Gasteiger partial charge in [0.05, 0.1) is 0 Å². The van der Waals surface area contributed by atoms with Crippen molar-refractivity contribution in [2.45, 2.75) is 57.8 Å². The van der Waals surface area contributed by atoms with E-state index in [0.29, 0.717) is 0 Å². The molecule has 15 heavy (non-hydrogen) atoms. The first-order valence-electron chi connectivity index (χ1n) is 7.04. The molecule has 0 spiro atoms. The van der Waals surface area contributed by atoms with Gasteiger partial charge in [0.25, 0.3) is 0 Å². The van der Waals surface area contributed by atoms with Crippen LogP contribution in [0.15, 0.2) is 0 Å². The van der Waals surface area contributed by atoms with Crippen LogP contribution in [0.5, 0.6) is 0 Å². The Hall–Kier alpha value is -0.0400. The minimum Gasteiger partial charge on any atom is -0.319 e. The lowest BCUT2D eigenvalue weighted by Gasteiger charge is -2.33. The number of hydrogen-bond donors (Lipinski definition) is 1. The number of nitrogens with one attached hydrogen (secondary N) is 1. The van der Waals surface area contributed by atoms with Gasteiger partial charge in [0.1, 0.15) is 0 Å². The molecule has 2 rings (SSSR count). The Labute approximate surface area is 95.0 Å². The lowest BCUT2D eigenvalue weighted by Crippen LogP contribution is -2.29. The molecule has 2 fully saturated rings. The highest BCUT2D eigenvalue weighted by atomic mass is 14.8. The van der Waals surface area contributed by atoms with Crippen molar-refractivity contribution in [1.82, 2.24) is 5.32 Å². The summed E-state index contributed by atoms with van der Waals surface area (Å²) in [6, 6.07) is 0. The molecule has 1 N–H and O–H groups in total. The van der Waals surface area contributed by atoms with E-state index >= 15 is 0 Å². The summed E-state index contributed by atoms with van der Waals surface area (Å²) in [5.74, 6) is 3.13. The van der Waals surface area contributed by atoms with E-state index in [1.165, 1.54) is 57.9 Å². The minimum absolute atomic E-state index is 0.990. The molecule has 2 aliphatic carbocycles. The second-order valence-electron chi connectivity index (χ2n) is 5.75. The fourth-order valence-corrected chi connectivity index (χ4v) is 3.80. The first-order valence-corrected chi connectivity index (χ1v) is 7.04. The SMILES string of the molecule is CNCC1CCCCC1CC1CCCC1. The quantitative estimate of drug-likeness (QED) is 0.746. The van der Waals surface area contributed by atoms with Crippen LogP contribution in [-0.4, -0.2) is 13.6 Å². The van der Waals surface area contributed by atoms with Crippen LogP contribution in [0.1, 0.15) is 57.8 Å². The van der Waals surface area contributed by atoms with Crippen LogP contribution < -0.4 is 5.32 Å². The molecule has 2 aliphatic rings. The highest BCUT2D eigenvalue weighted by Gasteiger charge is 2.28. The molecule has 0 aliphatic heterocycles. The monoisotopic (exact) mass is 209 g/mol. The molecule has 0 aromatic rings. The molecule has 0 radical (unpaired) electrons. The van der Waals surface area contributed by atoms with Crippen molar-refractivity contribution in [2.24, 2.45) is 17.8 Å². The normalized spacial score (nSPS) is 33.4. The predicted octanol–water partition coefficient (Wildman–Crippen LogP) is 3.59. The summed E-state index contributed by atoms with van der Waals surface area (Å²) in [4.78, 5) is 0. The van der Waals surface area contributed by atoms with Gasteiger partial charge in [-0.05, 0) is 44.2 Å². The Morgan fingerprint density at radius 3 is 2.13 bits per heavy atom. The third kappa shape index (κ3) is 3.21. The molecular formula is C14H27N. The average molecular weight is 209 g/mol. The summed E-state index contributed by atoms with van der Waals surface area (Å²) in [6.45, 7) is 1.26. The van der Waals surface area contributed by atoms with Crippen LogP contribution in [0.2, 0.25) is 0 Å². The van der Waals surface area contributed by atoms with Gasteiger partial charge in [-0.1, -0.05) is 44.9 Å². The lowest BCUT2D eigenvalue weighted by atomic mass is 9.74. The molecule has 1 nitrogen and oxygen atoms in total. The molecule has 0 amide bonds. The molecule has 0 bridgehead atoms. The van der Waals surface area contributed by atoms with E-state index in [0.717, 1.165) is 17.8 Å². The Kier molecular flexibility index (Phi) is 4.49. The summed E-state index contributed by atoms with van der Waals surface area (Å²) in [5, 5.41) is 3.39. The molecule has 2 unspecified atom stereocenters. The van der Waals surface area contributed by atoms with Crippen molar-refractivity contribution in [3.63, 3.8) is 0 Å². The van der Waals surface area contributed by atoms with Gasteiger partial charge >= 0.3 is 0 Å². The van der Waals surface area contributed by atoms with Crippen molar-refractivity contribution >= 4 is 0 Å². The molecule has 0 aromatic carbocycles. The highest BCUT2D eigenvalue weighted by Crippen LogP contribution is 2.38. The molecule has 0 saturated heterocycles. The second kappa shape index (κ2) is 5.89. The molecule has 1 heteroatoms. The van der Waals surface area contributed by atoms with Crippen molar-refractivity contribution in [2.75, 3.05) is 13.6 Å². The van der Waals surface area contributed by atoms with Gasteiger partial charge in [0.2, 0.25) is 0 Å². The predicted molar refractivity (Wildman–Crippen MR) is 65.9 cm³/mol. The maximum absolute atomic E-state index is 3.39. The van der Waals surface area contributed by atoms with Gasteiger partial charge in [-0.3, -0.25) is 0 Å². The maximum atomic E-state index is 3.39. The number of rotatable bonds is 4. The zero-order chi connectivity index (χ0) is 10.5. The van der Waals surface area contributed by atoms with E-state index in [9.17, 15) is 0 Å². The van der Waals surface area contributed by atoms with Crippen molar-refractivity contribution < 1.29 is 0 Å². The Balaban J connectivity index is 1.80. The first kappa shape index (κ1) is 11.4. The van der Waals surface area contributed by atoms with Crippen LogP contribution in [0.4, 0.5) is 0 Å². The Bertz CT molecular complexity index is 170. The summed E-state index contributed by atoms with van der Waals surface area (Å²) < 4.78 is 0. The van der Waals surface area contributed by atoms with Gasteiger partial charge in [-0.25, -0.2) is 0 Å². The molecule has 88 valence electrons. The molecule has 0 heterocycles. The smallest absolute Gasteiger partial charge is 0.00209 e. The molecule has 2 atom stereocenters. The lowest BCUT2D eigenvalue weighted by molar-refractivity contribution is 0.194. The van der Waals surface area contributed by atoms with E-state index in [2.05, 4.69) is 12.4 Å². The van der Waals surface area contributed by atoms with Gasteiger partial charge in [-0.15, -0.1) is 0 Å². The van der Waals surface area contributed by atoms with E-state index in [4.69, 9.17) is 0 Å². The van der Waals surface area contributed by atoms with Gasteiger partial charge in [0.15, 0.2) is 0 Å². The van der Waals surface area contributed by atoms with Crippen molar-refractivity contribution in [3.05, 3.63) is 0 Å². The van der Waals surface area contributed by atoms with Crippen LogP contribution in [0.25, 0.3) is 0 Å². The van der Waals surface area contributed by atoms with E-state index in [1.807, 2.05) is 0 Å². The standard InChI is InChI=1S/C14H27N/c1-15-11-14-9-5-4-8-13(14)10-12-6-2-3-7-12/h12-15H,2-11H2,1H3. The van der Waals surface area contributed by atoms with E-state index in [-0.39, 0.29) is 0 Å². The van der Waals surface area contributed by atoms with Gasteiger partial charge in [-0.2, -0.15) is 0 Å². The topological polar surface area (TPSA) is 12.0 Å². The van der Waals surface area contributed by atoms with Gasteiger partial charge < -0.3 is 5.32 Å². The van der Waals surface area contributed by atoms with Gasteiger partial charge in [0, 0.05) is 0 Å². The molecular weight excluding hydrogens is 182 g/mol. The maximum Gasteiger partial charge on any atom is -0.00209 e. The van der Waals surface area contributed by atoms with Crippen molar-refractivity contribution in [3.8, 4) is 0 Å². The zero-order valence-corrected chi connectivity index (χ0v) is 10.3. The third-order valence-corrected chi connectivity index (χ3v) is 4.64. The zero-order valence-electron chi connectivity index (χ0n) is 10.3.